The number of para-hydroxylation sites is 1. The van der Waals surface area contributed by atoms with Gasteiger partial charge in [0.05, 0.1) is 17.2 Å². The van der Waals surface area contributed by atoms with Gasteiger partial charge in [-0.1, -0.05) is 24.3 Å². The van der Waals surface area contributed by atoms with Gasteiger partial charge in [0.2, 0.25) is 0 Å². The fourth-order valence-electron chi connectivity index (χ4n) is 2.95. The summed E-state index contributed by atoms with van der Waals surface area (Å²) >= 11 is 5.64. The lowest BCUT2D eigenvalue weighted by Crippen LogP contribution is -2.11. The Bertz CT molecular complexity index is 944. The predicted octanol–water partition coefficient (Wildman–Crippen LogP) is 3.91. The second-order valence-electron chi connectivity index (χ2n) is 5.61. The van der Waals surface area contributed by atoms with Gasteiger partial charge in [-0.25, -0.2) is 0 Å². The van der Waals surface area contributed by atoms with Crippen molar-refractivity contribution in [3.05, 3.63) is 70.9 Å². The average molecular weight is 337 g/mol. The molecule has 0 saturated carbocycles. The molecule has 2 heterocycles. The maximum absolute atomic E-state index is 12.4. The van der Waals surface area contributed by atoms with Crippen molar-refractivity contribution in [2.75, 3.05) is 16.5 Å². The summed E-state index contributed by atoms with van der Waals surface area (Å²) in [5.74, 6) is -0.440. The van der Waals surface area contributed by atoms with E-state index in [1.165, 1.54) is 0 Å². The zero-order valence-electron chi connectivity index (χ0n) is 12.6. The zero-order chi connectivity index (χ0) is 16.7. The Balaban J connectivity index is 1.84. The summed E-state index contributed by atoms with van der Waals surface area (Å²) in [6, 6.07) is 13.0. The van der Waals surface area contributed by atoms with E-state index in [1.54, 1.807) is 18.2 Å². The number of alkyl halides is 1. The molecule has 0 aliphatic carbocycles. The monoisotopic (exact) mass is 336 g/mol. The minimum atomic E-state index is -0.188. The van der Waals surface area contributed by atoms with Gasteiger partial charge in [0.25, 0.3) is 5.91 Å². The van der Waals surface area contributed by atoms with Crippen LogP contribution >= 0.6 is 11.6 Å². The normalized spacial score (nSPS) is 17.8. The number of hydrogen-bond donors (Lipinski definition) is 2. The predicted molar refractivity (Wildman–Crippen MR) is 96.1 cm³/mol. The molecule has 5 heteroatoms. The molecule has 2 N–H and O–H groups in total. The van der Waals surface area contributed by atoms with E-state index in [0.29, 0.717) is 28.1 Å². The molecule has 4 nitrogen and oxygen atoms in total. The number of Topliss-reactive ketones (excluding diaryl/α,β-unsaturated/α-hetero) is 1. The minimum absolute atomic E-state index is 0.0857. The van der Waals surface area contributed by atoms with Crippen LogP contribution in [0.1, 0.15) is 21.5 Å². The van der Waals surface area contributed by atoms with E-state index in [4.69, 9.17) is 11.6 Å². The molecule has 0 radical (unpaired) electrons. The Labute approximate surface area is 143 Å². The summed E-state index contributed by atoms with van der Waals surface area (Å²) in [7, 11) is 0. The highest BCUT2D eigenvalue weighted by Gasteiger charge is 2.28. The van der Waals surface area contributed by atoms with Crippen molar-refractivity contribution in [1.82, 2.24) is 0 Å². The number of amides is 1. The highest BCUT2D eigenvalue weighted by atomic mass is 35.5. The third-order valence-corrected chi connectivity index (χ3v) is 4.38. The van der Waals surface area contributed by atoms with Crippen LogP contribution in [0.15, 0.2) is 54.2 Å². The molecule has 0 fully saturated rings. The van der Waals surface area contributed by atoms with Gasteiger partial charge in [-0.2, -0.15) is 0 Å². The van der Waals surface area contributed by atoms with Crippen molar-refractivity contribution in [1.29, 1.82) is 0 Å². The van der Waals surface area contributed by atoms with Gasteiger partial charge in [0, 0.05) is 22.5 Å². The maximum Gasteiger partial charge on any atom is 0.258 e. The van der Waals surface area contributed by atoms with Gasteiger partial charge in [-0.05, 0) is 35.9 Å². The smallest absolute Gasteiger partial charge is 0.258 e. The van der Waals surface area contributed by atoms with Crippen LogP contribution in [0.2, 0.25) is 0 Å². The number of anilines is 2. The van der Waals surface area contributed by atoms with Gasteiger partial charge in [0.1, 0.15) is 0 Å². The first-order chi connectivity index (χ1) is 11.7. The van der Waals surface area contributed by atoms with Crippen molar-refractivity contribution in [2.24, 2.45) is 0 Å². The number of allylic oxidation sites excluding steroid dienone is 1. The first-order valence-electron chi connectivity index (χ1n) is 7.51. The number of rotatable bonds is 2. The summed E-state index contributed by atoms with van der Waals surface area (Å²) in [5, 5.41) is 6.13. The fourth-order valence-corrected chi connectivity index (χ4v) is 3.10. The molecule has 4 rings (SSSR count). The standard InChI is InChI=1S/C19H13ClN2O2/c20-10-17(23)12-6-7-15-13(9-12)18(19(24)22-15)16-8-5-11-3-1-2-4-14(11)21-16/h1-9,21H,10H2,(H,22,24). The van der Waals surface area contributed by atoms with E-state index in [1.807, 2.05) is 36.4 Å². The van der Waals surface area contributed by atoms with Crippen LogP contribution in [0, 0.1) is 0 Å². The highest BCUT2D eigenvalue weighted by Crippen LogP contribution is 2.37. The van der Waals surface area contributed by atoms with Crippen LogP contribution in [0.5, 0.6) is 0 Å². The molecular weight excluding hydrogens is 324 g/mol. The Morgan fingerprint density at radius 2 is 1.83 bits per heavy atom. The Kier molecular flexibility index (Phi) is 3.47. The molecule has 0 aromatic heterocycles. The topological polar surface area (TPSA) is 58.2 Å². The lowest BCUT2D eigenvalue weighted by atomic mass is 9.98. The van der Waals surface area contributed by atoms with Crippen LogP contribution < -0.4 is 10.6 Å². The second kappa shape index (κ2) is 5.65. The summed E-state index contributed by atoms with van der Waals surface area (Å²) in [6.45, 7) is 0. The zero-order valence-corrected chi connectivity index (χ0v) is 13.4. The molecule has 2 aliphatic heterocycles. The van der Waals surface area contributed by atoms with Crippen molar-refractivity contribution in [3.63, 3.8) is 0 Å². The molecule has 0 saturated heterocycles. The number of fused-ring (bicyclic) bond motifs is 2. The molecule has 2 aliphatic rings. The molecule has 1 amide bonds. The quantitative estimate of drug-likeness (QED) is 0.496. The van der Waals surface area contributed by atoms with Gasteiger partial charge in [0.15, 0.2) is 5.78 Å². The summed E-state index contributed by atoms with van der Waals surface area (Å²) in [5.41, 5.74) is 5.15. The number of carbonyl (C=O) groups excluding carboxylic acids is 2. The van der Waals surface area contributed by atoms with Crippen LogP contribution in [-0.4, -0.2) is 17.6 Å². The van der Waals surface area contributed by atoms with Crippen LogP contribution in [0.4, 0.5) is 11.4 Å². The lowest BCUT2D eigenvalue weighted by molar-refractivity contribution is -0.110. The third kappa shape index (κ3) is 2.32. The SMILES string of the molecule is O=C1Nc2ccc(C(=O)CCl)cc2C1=C1C=Cc2ccccc2N1. The average Bonchev–Trinajstić information content (AvgIpc) is 2.95. The largest absolute Gasteiger partial charge is 0.354 e. The van der Waals surface area contributed by atoms with E-state index >= 15 is 0 Å². The van der Waals surface area contributed by atoms with E-state index in [2.05, 4.69) is 10.6 Å². The van der Waals surface area contributed by atoms with Crippen molar-refractivity contribution in [2.45, 2.75) is 0 Å². The molecule has 24 heavy (non-hydrogen) atoms. The summed E-state index contributed by atoms with van der Waals surface area (Å²) in [4.78, 5) is 24.3. The van der Waals surface area contributed by atoms with E-state index < -0.39 is 0 Å². The number of halogens is 1. The molecular formula is C19H13ClN2O2. The summed E-state index contributed by atoms with van der Waals surface area (Å²) < 4.78 is 0. The van der Waals surface area contributed by atoms with E-state index in [9.17, 15) is 9.59 Å². The van der Waals surface area contributed by atoms with Crippen molar-refractivity contribution >= 4 is 46.3 Å². The van der Waals surface area contributed by atoms with Crippen LogP contribution in [0.25, 0.3) is 11.6 Å². The lowest BCUT2D eigenvalue weighted by Gasteiger charge is -2.17. The number of nitrogens with one attached hydrogen (secondary N) is 2. The Morgan fingerprint density at radius 3 is 2.67 bits per heavy atom. The first kappa shape index (κ1) is 14.7. The molecule has 0 bridgehead atoms. The molecule has 0 atom stereocenters. The van der Waals surface area contributed by atoms with Gasteiger partial charge >= 0.3 is 0 Å². The van der Waals surface area contributed by atoms with E-state index in [0.717, 1.165) is 11.3 Å². The third-order valence-electron chi connectivity index (χ3n) is 4.14. The van der Waals surface area contributed by atoms with E-state index in [-0.39, 0.29) is 17.6 Å². The maximum atomic E-state index is 12.4. The fraction of sp³-hybridized carbons (Fsp3) is 0.0526. The van der Waals surface area contributed by atoms with Gasteiger partial charge < -0.3 is 10.6 Å². The highest BCUT2D eigenvalue weighted by molar-refractivity contribution is 6.34. The summed E-state index contributed by atoms with van der Waals surface area (Å²) in [6.07, 6.45) is 3.84. The van der Waals surface area contributed by atoms with Gasteiger partial charge in [-0.3, -0.25) is 9.59 Å². The number of ketones is 1. The Morgan fingerprint density at radius 1 is 1.00 bits per heavy atom. The van der Waals surface area contributed by atoms with Crippen LogP contribution in [-0.2, 0) is 4.79 Å². The molecule has 0 spiro atoms. The van der Waals surface area contributed by atoms with Crippen molar-refractivity contribution < 1.29 is 9.59 Å². The van der Waals surface area contributed by atoms with Crippen molar-refractivity contribution in [3.8, 4) is 0 Å². The number of benzene rings is 2. The number of carbonyl (C=O) groups is 2. The number of hydrogen-bond acceptors (Lipinski definition) is 3. The molecule has 2 aromatic carbocycles. The molecule has 0 unspecified atom stereocenters. The van der Waals surface area contributed by atoms with Crippen LogP contribution in [0.3, 0.4) is 0 Å². The second-order valence-corrected chi connectivity index (χ2v) is 5.87. The minimum Gasteiger partial charge on any atom is -0.354 e. The molecule has 118 valence electrons. The molecule has 2 aromatic rings. The first-order valence-corrected chi connectivity index (χ1v) is 8.04. The Hall–Kier alpha value is -2.85. The van der Waals surface area contributed by atoms with Gasteiger partial charge in [-0.15, -0.1) is 11.6 Å².